The van der Waals surface area contributed by atoms with E-state index in [0.29, 0.717) is 5.11 Å². The molecule has 1 atom stereocenters. The molecule has 0 bridgehead atoms. The highest BCUT2D eigenvalue weighted by Crippen LogP contribution is 2.22. The zero-order chi connectivity index (χ0) is 17.4. The van der Waals surface area contributed by atoms with Crippen molar-refractivity contribution in [3.8, 4) is 5.75 Å². The van der Waals surface area contributed by atoms with Gasteiger partial charge in [-0.3, -0.25) is 0 Å². The SMILES string of the molecule is COc1cccc([C@H](CNC(=S)NCc2ccccc2)N(C)C)c1. The quantitative estimate of drug-likeness (QED) is 0.756. The molecule has 0 amide bonds. The van der Waals surface area contributed by atoms with E-state index in [0.717, 1.165) is 18.8 Å². The number of hydrogen-bond donors (Lipinski definition) is 2. The molecule has 0 saturated carbocycles. The first-order valence-electron chi connectivity index (χ1n) is 7.96. The summed E-state index contributed by atoms with van der Waals surface area (Å²) >= 11 is 5.39. The van der Waals surface area contributed by atoms with E-state index in [1.807, 2.05) is 30.3 Å². The highest BCUT2D eigenvalue weighted by molar-refractivity contribution is 7.80. The van der Waals surface area contributed by atoms with Gasteiger partial charge in [0.15, 0.2) is 5.11 Å². The van der Waals surface area contributed by atoms with Crippen LogP contribution in [0, 0.1) is 0 Å². The Morgan fingerprint density at radius 1 is 1.08 bits per heavy atom. The summed E-state index contributed by atoms with van der Waals surface area (Å²) in [4.78, 5) is 2.17. The molecule has 0 spiro atoms. The molecule has 0 aliphatic heterocycles. The summed E-state index contributed by atoms with van der Waals surface area (Å²) in [5, 5.41) is 7.21. The third kappa shape index (κ3) is 5.51. The molecule has 2 aromatic carbocycles. The van der Waals surface area contributed by atoms with Crippen LogP contribution >= 0.6 is 12.2 Å². The Labute approximate surface area is 149 Å². The van der Waals surface area contributed by atoms with Crippen LogP contribution in [0.2, 0.25) is 0 Å². The smallest absolute Gasteiger partial charge is 0.166 e. The fourth-order valence-electron chi connectivity index (χ4n) is 2.48. The van der Waals surface area contributed by atoms with E-state index in [1.54, 1.807) is 7.11 Å². The fraction of sp³-hybridized carbons (Fsp3) is 0.316. The predicted molar refractivity (Wildman–Crippen MR) is 103 cm³/mol. The maximum Gasteiger partial charge on any atom is 0.166 e. The van der Waals surface area contributed by atoms with Gasteiger partial charge >= 0.3 is 0 Å². The molecule has 0 aliphatic rings. The standard InChI is InChI=1S/C19H25N3OS/c1-22(2)18(16-10-7-11-17(12-16)23-3)14-21-19(24)20-13-15-8-5-4-6-9-15/h4-12,18H,13-14H2,1-3H3,(H2,20,21,24)/t18-/m0/s1. The predicted octanol–water partition coefficient (Wildman–Crippen LogP) is 2.96. The second kappa shape index (κ2) is 9.25. The topological polar surface area (TPSA) is 36.5 Å². The third-order valence-corrected chi connectivity index (χ3v) is 4.14. The Kier molecular flexibility index (Phi) is 7.03. The lowest BCUT2D eigenvalue weighted by molar-refractivity contribution is 0.297. The zero-order valence-corrected chi connectivity index (χ0v) is 15.3. The van der Waals surface area contributed by atoms with Gasteiger partial charge in [-0.15, -0.1) is 0 Å². The van der Waals surface area contributed by atoms with Crippen LogP contribution in [0.5, 0.6) is 5.75 Å². The van der Waals surface area contributed by atoms with E-state index in [9.17, 15) is 0 Å². The highest BCUT2D eigenvalue weighted by atomic mass is 32.1. The average Bonchev–Trinajstić information content (AvgIpc) is 2.61. The third-order valence-electron chi connectivity index (χ3n) is 3.85. The van der Waals surface area contributed by atoms with E-state index in [2.05, 4.69) is 53.9 Å². The molecule has 0 fully saturated rings. The van der Waals surface area contributed by atoms with Crippen molar-refractivity contribution in [1.29, 1.82) is 0 Å². The van der Waals surface area contributed by atoms with Gasteiger partial charge in [0.25, 0.3) is 0 Å². The van der Waals surface area contributed by atoms with Crippen LogP contribution in [0.4, 0.5) is 0 Å². The van der Waals surface area contributed by atoms with Crippen molar-refractivity contribution >= 4 is 17.3 Å². The lowest BCUT2D eigenvalue weighted by Crippen LogP contribution is -2.40. The summed E-state index contributed by atoms with van der Waals surface area (Å²) in [6, 6.07) is 18.6. The minimum Gasteiger partial charge on any atom is -0.497 e. The number of likely N-dealkylation sites (N-methyl/N-ethyl adjacent to an activating group) is 1. The Morgan fingerprint density at radius 2 is 1.83 bits per heavy atom. The first-order chi connectivity index (χ1) is 11.6. The number of hydrogen-bond acceptors (Lipinski definition) is 3. The van der Waals surface area contributed by atoms with Crippen molar-refractivity contribution in [1.82, 2.24) is 15.5 Å². The number of rotatable bonds is 7. The summed E-state index contributed by atoms with van der Waals surface area (Å²) in [5.74, 6) is 0.865. The van der Waals surface area contributed by atoms with Gasteiger partial charge in [-0.2, -0.15) is 0 Å². The van der Waals surface area contributed by atoms with Gasteiger partial charge in [-0.25, -0.2) is 0 Å². The molecule has 4 nitrogen and oxygen atoms in total. The molecule has 0 radical (unpaired) electrons. The monoisotopic (exact) mass is 343 g/mol. The molecule has 128 valence electrons. The first kappa shape index (κ1) is 18.2. The van der Waals surface area contributed by atoms with Gasteiger partial charge in [0.1, 0.15) is 5.75 Å². The minimum atomic E-state index is 0.205. The molecule has 2 rings (SSSR count). The summed E-state index contributed by atoms with van der Waals surface area (Å²) in [5.41, 5.74) is 2.40. The van der Waals surface area contributed by atoms with Gasteiger partial charge in [0.05, 0.1) is 13.2 Å². The van der Waals surface area contributed by atoms with Gasteiger partial charge in [0, 0.05) is 13.1 Å². The molecule has 2 N–H and O–H groups in total. The Morgan fingerprint density at radius 3 is 2.50 bits per heavy atom. The molecule has 0 heterocycles. The van der Waals surface area contributed by atoms with Crippen molar-refractivity contribution in [2.24, 2.45) is 0 Å². The largest absolute Gasteiger partial charge is 0.497 e. The Balaban J connectivity index is 1.90. The molecule has 0 saturated heterocycles. The molecular weight excluding hydrogens is 318 g/mol. The number of nitrogens with zero attached hydrogens (tertiary/aromatic N) is 1. The van der Waals surface area contributed by atoms with Crippen LogP contribution in [0.1, 0.15) is 17.2 Å². The van der Waals surface area contributed by atoms with E-state index >= 15 is 0 Å². The molecule has 24 heavy (non-hydrogen) atoms. The van der Waals surface area contributed by atoms with Crippen molar-refractivity contribution in [2.75, 3.05) is 27.7 Å². The van der Waals surface area contributed by atoms with Crippen molar-refractivity contribution in [3.63, 3.8) is 0 Å². The fourth-order valence-corrected chi connectivity index (χ4v) is 2.63. The molecular formula is C19H25N3OS. The number of methoxy groups -OCH3 is 1. The zero-order valence-electron chi connectivity index (χ0n) is 14.5. The van der Waals surface area contributed by atoms with E-state index < -0.39 is 0 Å². The van der Waals surface area contributed by atoms with Crippen molar-refractivity contribution in [3.05, 3.63) is 65.7 Å². The molecule has 0 aliphatic carbocycles. The average molecular weight is 343 g/mol. The normalized spacial score (nSPS) is 11.8. The summed E-state index contributed by atoms with van der Waals surface area (Å²) < 4.78 is 5.32. The first-order valence-corrected chi connectivity index (χ1v) is 8.37. The van der Waals surface area contributed by atoms with Crippen LogP contribution < -0.4 is 15.4 Å². The Hall–Kier alpha value is -2.11. The second-order valence-electron chi connectivity index (χ2n) is 5.81. The van der Waals surface area contributed by atoms with Crippen molar-refractivity contribution in [2.45, 2.75) is 12.6 Å². The van der Waals surface area contributed by atoms with E-state index in [1.165, 1.54) is 11.1 Å². The second-order valence-corrected chi connectivity index (χ2v) is 6.21. The molecule has 2 aromatic rings. The summed E-state index contributed by atoms with van der Waals surface area (Å²) in [6.07, 6.45) is 0. The Bertz CT molecular complexity index is 646. The van der Waals surface area contributed by atoms with Crippen LogP contribution in [0.3, 0.4) is 0 Å². The van der Waals surface area contributed by atoms with Gasteiger partial charge in [-0.1, -0.05) is 42.5 Å². The van der Waals surface area contributed by atoms with Crippen LogP contribution in [-0.4, -0.2) is 37.8 Å². The maximum absolute atomic E-state index is 5.39. The number of thiocarbonyl (C=S) groups is 1. The number of benzene rings is 2. The molecule has 0 unspecified atom stereocenters. The lowest BCUT2D eigenvalue weighted by Gasteiger charge is -2.26. The lowest BCUT2D eigenvalue weighted by atomic mass is 10.1. The number of nitrogens with one attached hydrogen (secondary N) is 2. The van der Waals surface area contributed by atoms with Crippen LogP contribution in [0.15, 0.2) is 54.6 Å². The van der Waals surface area contributed by atoms with E-state index in [-0.39, 0.29) is 6.04 Å². The molecule has 5 heteroatoms. The van der Waals surface area contributed by atoms with Crippen LogP contribution in [-0.2, 0) is 6.54 Å². The maximum atomic E-state index is 5.39. The highest BCUT2D eigenvalue weighted by Gasteiger charge is 2.15. The summed E-state index contributed by atoms with van der Waals surface area (Å²) in [6.45, 7) is 1.44. The van der Waals surface area contributed by atoms with Crippen LogP contribution in [0.25, 0.3) is 0 Å². The van der Waals surface area contributed by atoms with E-state index in [4.69, 9.17) is 17.0 Å². The summed E-state index contributed by atoms with van der Waals surface area (Å²) in [7, 11) is 5.81. The number of ether oxygens (including phenoxy) is 1. The molecule has 0 aromatic heterocycles. The minimum absolute atomic E-state index is 0.205. The van der Waals surface area contributed by atoms with Gasteiger partial charge in [-0.05, 0) is 49.6 Å². The van der Waals surface area contributed by atoms with Gasteiger partial charge in [0.2, 0.25) is 0 Å². The van der Waals surface area contributed by atoms with Crippen molar-refractivity contribution < 1.29 is 4.74 Å². The van der Waals surface area contributed by atoms with Gasteiger partial charge < -0.3 is 20.3 Å².